The second-order valence-electron chi connectivity index (χ2n) is 3.98. The van der Waals surface area contributed by atoms with Crippen molar-refractivity contribution in [3.63, 3.8) is 0 Å². The molecule has 0 saturated carbocycles. The number of nitrogens with zero attached hydrogens (tertiary/aromatic N) is 2. The van der Waals surface area contributed by atoms with E-state index in [1.165, 1.54) is 4.88 Å². The average Bonchev–Trinajstić information content (AvgIpc) is 2.89. The molecule has 0 unspecified atom stereocenters. The van der Waals surface area contributed by atoms with Crippen molar-refractivity contribution in [1.82, 2.24) is 0 Å². The summed E-state index contributed by atoms with van der Waals surface area (Å²) in [5.41, 5.74) is 8.26. The minimum atomic E-state index is 0.600. The molecular formula is C14H15N3S. The lowest BCUT2D eigenvalue weighted by Crippen LogP contribution is -2.22. The molecule has 0 fully saturated rings. The molecule has 0 radical (unpaired) electrons. The van der Waals surface area contributed by atoms with Gasteiger partial charge in [-0.1, -0.05) is 6.07 Å². The van der Waals surface area contributed by atoms with Crippen LogP contribution in [0.5, 0.6) is 0 Å². The van der Waals surface area contributed by atoms with Gasteiger partial charge in [-0.3, -0.25) is 0 Å². The van der Waals surface area contributed by atoms with Gasteiger partial charge in [0, 0.05) is 11.4 Å². The van der Waals surface area contributed by atoms with E-state index in [2.05, 4.69) is 35.4 Å². The first-order valence-corrected chi connectivity index (χ1v) is 6.69. The number of anilines is 2. The molecule has 4 heteroatoms. The monoisotopic (exact) mass is 257 g/mol. The van der Waals surface area contributed by atoms with Gasteiger partial charge in [-0.15, -0.1) is 11.3 Å². The lowest BCUT2D eigenvalue weighted by atomic mass is 10.1. The lowest BCUT2D eigenvalue weighted by Gasteiger charge is -2.24. The number of hydrogen-bond acceptors (Lipinski definition) is 4. The highest BCUT2D eigenvalue weighted by atomic mass is 32.1. The van der Waals surface area contributed by atoms with Crippen molar-refractivity contribution in [2.45, 2.75) is 13.5 Å². The Hall–Kier alpha value is -1.99. The molecule has 92 valence electrons. The van der Waals surface area contributed by atoms with Gasteiger partial charge in [-0.25, -0.2) is 0 Å². The number of nitrogens with two attached hydrogens (primary N) is 1. The largest absolute Gasteiger partial charge is 0.397 e. The predicted molar refractivity (Wildman–Crippen MR) is 76.6 cm³/mol. The summed E-state index contributed by atoms with van der Waals surface area (Å²) in [6.45, 7) is 3.84. The first-order chi connectivity index (χ1) is 8.74. The van der Waals surface area contributed by atoms with Gasteiger partial charge in [0.05, 0.1) is 29.6 Å². The number of thiophene rings is 1. The number of benzene rings is 1. The van der Waals surface area contributed by atoms with E-state index in [1.54, 1.807) is 17.4 Å². The first kappa shape index (κ1) is 12.5. The maximum atomic E-state index is 8.84. The molecule has 0 saturated heterocycles. The summed E-state index contributed by atoms with van der Waals surface area (Å²) in [4.78, 5) is 3.52. The highest BCUT2D eigenvalue weighted by Crippen LogP contribution is 2.26. The van der Waals surface area contributed by atoms with Crippen LogP contribution in [0, 0.1) is 11.3 Å². The Morgan fingerprint density at radius 3 is 2.78 bits per heavy atom. The minimum Gasteiger partial charge on any atom is -0.397 e. The number of hydrogen-bond donors (Lipinski definition) is 1. The van der Waals surface area contributed by atoms with E-state index in [1.807, 2.05) is 12.1 Å². The number of nitrogen functional groups attached to an aromatic ring is 1. The average molecular weight is 257 g/mol. The Labute approximate surface area is 111 Å². The summed E-state index contributed by atoms with van der Waals surface area (Å²) in [5.74, 6) is 0. The molecule has 0 bridgehead atoms. The second-order valence-corrected chi connectivity index (χ2v) is 5.01. The summed E-state index contributed by atoms with van der Waals surface area (Å²) in [6, 6.07) is 11.7. The highest BCUT2D eigenvalue weighted by molar-refractivity contribution is 7.09. The van der Waals surface area contributed by atoms with Crippen molar-refractivity contribution in [1.29, 1.82) is 5.26 Å². The van der Waals surface area contributed by atoms with Crippen LogP contribution >= 0.6 is 11.3 Å². The molecule has 1 aromatic carbocycles. The Bertz CT molecular complexity index is 555. The van der Waals surface area contributed by atoms with E-state index in [0.29, 0.717) is 11.3 Å². The molecule has 0 aliphatic rings. The summed E-state index contributed by atoms with van der Waals surface area (Å²) in [7, 11) is 0. The van der Waals surface area contributed by atoms with Crippen molar-refractivity contribution >= 4 is 22.7 Å². The van der Waals surface area contributed by atoms with Crippen LogP contribution in [0.1, 0.15) is 17.4 Å². The van der Waals surface area contributed by atoms with Crippen LogP contribution in [0.25, 0.3) is 0 Å². The normalized spacial score (nSPS) is 10.0. The van der Waals surface area contributed by atoms with Crippen LogP contribution in [-0.2, 0) is 6.54 Å². The second kappa shape index (κ2) is 5.56. The summed E-state index contributed by atoms with van der Waals surface area (Å²) in [5, 5.41) is 10.9. The fourth-order valence-corrected chi connectivity index (χ4v) is 2.59. The Kier molecular flexibility index (Phi) is 3.85. The Morgan fingerprint density at radius 1 is 1.39 bits per heavy atom. The quantitative estimate of drug-likeness (QED) is 0.855. The van der Waals surface area contributed by atoms with Crippen molar-refractivity contribution in [3.8, 4) is 6.07 Å². The lowest BCUT2D eigenvalue weighted by molar-refractivity contribution is 0.844. The predicted octanol–water partition coefficient (Wildman–Crippen LogP) is 3.23. The molecule has 1 heterocycles. The van der Waals surface area contributed by atoms with Crippen LogP contribution < -0.4 is 10.6 Å². The molecule has 2 N–H and O–H groups in total. The highest BCUT2D eigenvalue weighted by Gasteiger charge is 2.09. The zero-order chi connectivity index (χ0) is 13.0. The number of rotatable bonds is 4. The standard InChI is InChI=1S/C14H15N3S/c1-2-17(10-12-4-3-7-18-12)14-6-5-11(9-15)8-13(14)16/h3-8H,2,10,16H2,1H3. The van der Waals surface area contributed by atoms with Gasteiger partial charge in [-0.2, -0.15) is 5.26 Å². The van der Waals surface area contributed by atoms with Crippen LogP contribution in [0.2, 0.25) is 0 Å². The van der Waals surface area contributed by atoms with Crippen LogP contribution in [0.3, 0.4) is 0 Å². The van der Waals surface area contributed by atoms with Crippen LogP contribution in [0.4, 0.5) is 11.4 Å². The fraction of sp³-hybridized carbons (Fsp3) is 0.214. The molecule has 18 heavy (non-hydrogen) atoms. The minimum absolute atomic E-state index is 0.600. The molecule has 0 amide bonds. The van der Waals surface area contributed by atoms with E-state index in [4.69, 9.17) is 11.0 Å². The zero-order valence-electron chi connectivity index (χ0n) is 10.3. The van der Waals surface area contributed by atoms with Gasteiger partial charge >= 0.3 is 0 Å². The first-order valence-electron chi connectivity index (χ1n) is 5.81. The van der Waals surface area contributed by atoms with E-state index >= 15 is 0 Å². The molecule has 2 rings (SSSR count). The van der Waals surface area contributed by atoms with Crippen molar-refractivity contribution in [2.75, 3.05) is 17.2 Å². The van der Waals surface area contributed by atoms with Crippen molar-refractivity contribution < 1.29 is 0 Å². The van der Waals surface area contributed by atoms with Crippen molar-refractivity contribution in [3.05, 3.63) is 46.2 Å². The SMILES string of the molecule is CCN(Cc1cccs1)c1ccc(C#N)cc1N. The topological polar surface area (TPSA) is 53.0 Å². The van der Waals surface area contributed by atoms with Gasteiger partial charge in [-0.05, 0) is 36.6 Å². The molecular weight excluding hydrogens is 242 g/mol. The van der Waals surface area contributed by atoms with E-state index < -0.39 is 0 Å². The van der Waals surface area contributed by atoms with Crippen LogP contribution in [0.15, 0.2) is 35.7 Å². The van der Waals surface area contributed by atoms with Gasteiger partial charge in [0.15, 0.2) is 0 Å². The van der Waals surface area contributed by atoms with E-state index in [9.17, 15) is 0 Å². The number of nitriles is 1. The zero-order valence-corrected chi connectivity index (χ0v) is 11.1. The molecule has 0 spiro atoms. The van der Waals surface area contributed by atoms with Crippen molar-refractivity contribution in [2.24, 2.45) is 0 Å². The third-order valence-electron chi connectivity index (χ3n) is 2.81. The van der Waals surface area contributed by atoms with E-state index in [-0.39, 0.29) is 0 Å². The maximum Gasteiger partial charge on any atom is 0.0992 e. The van der Waals surface area contributed by atoms with Gasteiger partial charge in [0.1, 0.15) is 0 Å². The maximum absolute atomic E-state index is 8.84. The Morgan fingerprint density at radius 2 is 2.22 bits per heavy atom. The summed E-state index contributed by atoms with van der Waals surface area (Å²) in [6.07, 6.45) is 0. The Balaban J connectivity index is 2.25. The molecule has 0 aliphatic carbocycles. The smallest absolute Gasteiger partial charge is 0.0992 e. The molecule has 2 aromatic rings. The van der Waals surface area contributed by atoms with Gasteiger partial charge in [0.2, 0.25) is 0 Å². The molecule has 3 nitrogen and oxygen atoms in total. The molecule has 0 aliphatic heterocycles. The van der Waals surface area contributed by atoms with Gasteiger partial charge in [0.25, 0.3) is 0 Å². The molecule has 1 aromatic heterocycles. The molecule has 0 atom stereocenters. The van der Waals surface area contributed by atoms with Gasteiger partial charge < -0.3 is 10.6 Å². The van der Waals surface area contributed by atoms with Crippen LogP contribution in [-0.4, -0.2) is 6.54 Å². The summed E-state index contributed by atoms with van der Waals surface area (Å²) < 4.78 is 0. The third-order valence-corrected chi connectivity index (χ3v) is 3.67. The third kappa shape index (κ3) is 2.63. The summed E-state index contributed by atoms with van der Waals surface area (Å²) >= 11 is 1.74. The van der Waals surface area contributed by atoms with E-state index in [0.717, 1.165) is 18.8 Å². The fourth-order valence-electron chi connectivity index (χ4n) is 1.87.